The van der Waals surface area contributed by atoms with E-state index in [-0.39, 0.29) is 5.56 Å². The summed E-state index contributed by atoms with van der Waals surface area (Å²) in [6.07, 6.45) is 1.69. The first-order chi connectivity index (χ1) is 12.7. The Kier molecular flexibility index (Phi) is 3.23. The highest BCUT2D eigenvalue weighted by atomic mass is 35.5. The van der Waals surface area contributed by atoms with E-state index < -0.39 is 0 Å². The molecule has 0 aliphatic carbocycles. The topological polar surface area (TPSA) is 90.9 Å². The lowest BCUT2D eigenvalue weighted by molar-refractivity contribution is 1.09. The van der Waals surface area contributed by atoms with Crippen molar-refractivity contribution in [1.82, 2.24) is 24.6 Å². The minimum atomic E-state index is -0.116. The van der Waals surface area contributed by atoms with E-state index in [0.717, 1.165) is 27.6 Å². The summed E-state index contributed by atoms with van der Waals surface area (Å²) in [6, 6.07) is 13.1. The number of imidazole rings is 1. The third-order valence-corrected chi connectivity index (χ3v) is 4.63. The van der Waals surface area contributed by atoms with Gasteiger partial charge in [-0.3, -0.25) is 9.20 Å². The molecule has 0 radical (unpaired) electrons. The third kappa shape index (κ3) is 2.41. The van der Waals surface area contributed by atoms with Gasteiger partial charge in [-0.1, -0.05) is 11.6 Å². The van der Waals surface area contributed by atoms with Gasteiger partial charge in [0.25, 0.3) is 5.56 Å². The molecule has 0 unspecified atom stereocenters. The molecule has 0 fully saturated rings. The van der Waals surface area contributed by atoms with Crippen LogP contribution in [0.1, 0.15) is 5.56 Å². The Morgan fingerprint density at radius 3 is 3.00 bits per heavy atom. The summed E-state index contributed by atoms with van der Waals surface area (Å²) in [6.45, 7) is 0.399. The lowest BCUT2D eigenvalue weighted by Crippen LogP contribution is -2.15. The quantitative estimate of drug-likeness (QED) is 0.458. The summed E-state index contributed by atoms with van der Waals surface area (Å²) in [5, 5.41) is 11.7. The van der Waals surface area contributed by atoms with Crippen LogP contribution in [0.4, 0.5) is 5.69 Å². The van der Waals surface area contributed by atoms with Crippen LogP contribution in [0, 0.1) is 0 Å². The van der Waals surface area contributed by atoms with Gasteiger partial charge in [-0.25, -0.2) is 10.1 Å². The van der Waals surface area contributed by atoms with Crippen LogP contribution < -0.4 is 10.9 Å². The molecule has 0 saturated heterocycles. The van der Waals surface area contributed by atoms with E-state index in [1.54, 1.807) is 18.5 Å². The predicted molar refractivity (Wildman–Crippen MR) is 102 cm³/mol. The first-order valence-corrected chi connectivity index (χ1v) is 8.42. The van der Waals surface area contributed by atoms with Gasteiger partial charge in [0.2, 0.25) is 5.78 Å². The highest BCUT2D eigenvalue weighted by molar-refractivity contribution is 6.31. The molecule has 128 valence electrons. The molecule has 8 heteroatoms. The van der Waals surface area contributed by atoms with Crippen molar-refractivity contribution < 1.29 is 0 Å². The summed E-state index contributed by atoms with van der Waals surface area (Å²) in [7, 11) is 0. The maximum Gasteiger partial charge on any atom is 0.253 e. The second-order valence-electron chi connectivity index (χ2n) is 6.07. The van der Waals surface area contributed by atoms with E-state index in [0.29, 0.717) is 22.9 Å². The van der Waals surface area contributed by atoms with Crippen LogP contribution in [-0.2, 0) is 6.54 Å². The zero-order valence-corrected chi connectivity index (χ0v) is 14.2. The van der Waals surface area contributed by atoms with Gasteiger partial charge >= 0.3 is 0 Å². The molecule has 3 heterocycles. The van der Waals surface area contributed by atoms with Crippen LogP contribution in [0.15, 0.2) is 53.6 Å². The molecule has 5 rings (SSSR count). The van der Waals surface area contributed by atoms with Crippen LogP contribution >= 0.6 is 11.6 Å². The molecular formula is C18H13ClN6O. The molecule has 0 bridgehead atoms. The molecule has 7 nitrogen and oxygen atoms in total. The van der Waals surface area contributed by atoms with E-state index in [9.17, 15) is 4.79 Å². The highest BCUT2D eigenvalue weighted by Crippen LogP contribution is 2.21. The fourth-order valence-electron chi connectivity index (χ4n) is 3.09. The molecule has 2 aromatic carbocycles. The molecule has 0 amide bonds. The maximum absolute atomic E-state index is 12.3. The smallest absolute Gasteiger partial charge is 0.253 e. The van der Waals surface area contributed by atoms with Crippen LogP contribution in [0.2, 0.25) is 5.02 Å². The number of hydrogen-bond donors (Lipinski definition) is 3. The number of aromatic amines is 2. The van der Waals surface area contributed by atoms with Gasteiger partial charge in [0, 0.05) is 33.7 Å². The van der Waals surface area contributed by atoms with Crippen LogP contribution in [0.25, 0.3) is 27.7 Å². The number of rotatable bonds is 3. The molecule has 5 aromatic rings. The van der Waals surface area contributed by atoms with Gasteiger partial charge in [-0.15, -0.1) is 0 Å². The third-order valence-electron chi connectivity index (χ3n) is 4.39. The standard InChI is InChI=1S/C18H13ClN6O/c19-12-1-3-14-10(6-12)5-11(17(26)22-14)8-20-13-2-4-15-16(7-13)25-9-21-24-18(25)23-15/h1-7,9,20H,8H2,(H,22,26)(H,23,24). The lowest BCUT2D eigenvalue weighted by atomic mass is 10.1. The Bertz CT molecular complexity index is 1330. The normalized spacial score (nSPS) is 11.6. The summed E-state index contributed by atoms with van der Waals surface area (Å²) in [5.41, 5.74) is 4.01. The van der Waals surface area contributed by atoms with Crippen molar-refractivity contribution in [2.75, 3.05) is 5.32 Å². The van der Waals surface area contributed by atoms with E-state index >= 15 is 0 Å². The molecule has 0 spiro atoms. The van der Waals surface area contributed by atoms with E-state index in [4.69, 9.17) is 11.6 Å². The summed E-state index contributed by atoms with van der Waals surface area (Å²) >= 11 is 6.04. The van der Waals surface area contributed by atoms with Crippen molar-refractivity contribution in [3.05, 3.63) is 69.7 Å². The Labute approximate surface area is 151 Å². The number of benzene rings is 2. The van der Waals surface area contributed by atoms with E-state index in [1.165, 1.54) is 0 Å². The lowest BCUT2D eigenvalue weighted by Gasteiger charge is -2.07. The van der Waals surface area contributed by atoms with Gasteiger partial charge in [0.05, 0.1) is 11.0 Å². The summed E-state index contributed by atoms with van der Waals surface area (Å²) < 4.78 is 1.88. The fourth-order valence-corrected chi connectivity index (χ4v) is 3.27. The maximum atomic E-state index is 12.3. The zero-order chi connectivity index (χ0) is 17.7. The minimum Gasteiger partial charge on any atom is -0.381 e. The van der Waals surface area contributed by atoms with Gasteiger partial charge in [0.1, 0.15) is 6.33 Å². The predicted octanol–water partition coefficient (Wildman–Crippen LogP) is 3.32. The van der Waals surface area contributed by atoms with E-state index in [2.05, 4.69) is 25.5 Å². The average Bonchev–Trinajstić information content (AvgIpc) is 3.21. The first kappa shape index (κ1) is 15.0. The van der Waals surface area contributed by atoms with Gasteiger partial charge in [0.15, 0.2) is 0 Å². The van der Waals surface area contributed by atoms with Crippen LogP contribution in [-0.4, -0.2) is 24.6 Å². The number of fused-ring (bicyclic) bond motifs is 4. The minimum absolute atomic E-state index is 0.116. The monoisotopic (exact) mass is 364 g/mol. The summed E-state index contributed by atoms with van der Waals surface area (Å²) in [4.78, 5) is 19.6. The number of nitrogens with zero attached hydrogens (tertiary/aromatic N) is 3. The molecule has 3 N–H and O–H groups in total. The van der Waals surface area contributed by atoms with Crippen molar-refractivity contribution in [1.29, 1.82) is 0 Å². The van der Waals surface area contributed by atoms with Crippen LogP contribution in [0.5, 0.6) is 0 Å². The van der Waals surface area contributed by atoms with Crippen molar-refractivity contribution in [3.63, 3.8) is 0 Å². The SMILES string of the molecule is O=c1[nH]c2ccc(Cl)cc2cc1CNc1ccc2nc3[nH]ncn3c2c1. The number of nitrogens with one attached hydrogen (secondary N) is 3. The zero-order valence-electron chi connectivity index (χ0n) is 13.5. The number of anilines is 1. The van der Waals surface area contributed by atoms with Crippen molar-refractivity contribution >= 4 is 45.0 Å². The van der Waals surface area contributed by atoms with Crippen molar-refractivity contribution in [2.24, 2.45) is 0 Å². The Morgan fingerprint density at radius 1 is 1.15 bits per heavy atom. The number of pyridine rings is 1. The number of H-pyrrole nitrogens is 2. The largest absolute Gasteiger partial charge is 0.381 e. The van der Waals surface area contributed by atoms with Gasteiger partial charge in [-0.2, -0.15) is 5.10 Å². The van der Waals surface area contributed by atoms with Gasteiger partial charge in [-0.05, 0) is 42.5 Å². The Morgan fingerprint density at radius 2 is 2.08 bits per heavy atom. The molecule has 0 aliphatic rings. The van der Waals surface area contributed by atoms with Crippen molar-refractivity contribution in [2.45, 2.75) is 6.54 Å². The van der Waals surface area contributed by atoms with Crippen molar-refractivity contribution in [3.8, 4) is 0 Å². The summed E-state index contributed by atoms with van der Waals surface area (Å²) in [5.74, 6) is 0.694. The average molecular weight is 365 g/mol. The Balaban J connectivity index is 1.48. The molecular weight excluding hydrogens is 352 g/mol. The van der Waals surface area contributed by atoms with E-state index in [1.807, 2.05) is 34.7 Å². The second-order valence-corrected chi connectivity index (χ2v) is 6.51. The molecule has 0 saturated carbocycles. The number of halogens is 1. The number of hydrogen-bond acceptors (Lipinski definition) is 4. The fraction of sp³-hybridized carbons (Fsp3) is 0.0556. The number of aromatic nitrogens is 5. The first-order valence-electron chi connectivity index (χ1n) is 8.04. The second kappa shape index (κ2) is 5.60. The Hall–Kier alpha value is -3.32. The van der Waals surface area contributed by atoms with Gasteiger partial charge < -0.3 is 10.3 Å². The van der Waals surface area contributed by atoms with Crippen LogP contribution in [0.3, 0.4) is 0 Å². The molecule has 3 aromatic heterocycles. The molecule has 0 atom stereocenters. The molecule has 26 heavy (non-hydrogen) atoms. The molecule has 0 aliphatic heterocycles. The highest BCUT2D eigenvalue weighted by Gasteiger charge is 2.08.